The van der Waals surface area contributed by atoms with Crippen LogP contribution in [0.5, 0.6) is 0 Å². The van der Waals surface area contributed by atoms with Crippen LogP contribution in [-0.4, -0.2) is 31.0 Å². The molecule has 0 amide bonds. The number of nitrogens with one attached hydrogen (secondary N) is 1. The highest BCUT2D eigenvalue weighted by atomic mass is 19.3. The van der Waals surface area contributed by atoms with Gasteiger partial charge in [0.1, 0.15) is 11.3 Å². The molecule has 5 heteroatoms. The van der Waals surface area contributed by atoms with E-state index in [1.807, 2.05) is 24.3 Å². The van der Waals surface area contributed by atoms with Gasteiger partial charge in [0.05, 0.1) is 13.1 Å². The topological polar surface area (TPSA) is 28.4 Å². The van der Waals surface area contributed by atoms with Crippen molar-refractivity contribution < 1.29 is 13.2 Å². The molecule has 1 N–H and O–H groups in total. The molecule has 1 aromatic heterocycles. The van der Waals surface area contributed by atoms with E-state index in [2.05, 4.69) is 19.2 Å². The number of hydrogen-bond acceptors (Lipinski definition) is 3. The standard InChI is InChI=1S/C16H22F2N2O/c1-11(2)19-8-13-12-6-4-5-7-14(12)21-15(13)9-20(3)10-16(17)18/h4-7,11,16,19H,8-10H2,1-3H3. The Morgan fingerprint density at radius 3 is 2.62 bits per heavy atom. The first-order valence-corrected chi connectivity index (χ1v) is 7.16. The molecule has 0 spiro atoms. The van der Waals surface area contributed by atoms with Gasteiger partial charge in [0.2, 0.25) is 0 Å². The van der Waals surface area contributed by atoms with E-state index in [1.165, 1.54) is 0 Å². The van der Waals surface area contributed by atoms with Gasteiger partial charge in [-0.3, -0.25) is 4.90 Å². The highest BCUT2D eigenvalue weighted by Gasteiger charge is 2.17. The van der Waals surface area contributed by atoms with Gasteiger partial charge in [0.25, 0.3) is 6.43 Å². The van der Waals surface area contributed by atoms with Crippen molar-refractivity contribution in [3.63, 3.8) is 0 Å². The van der Waals surface area contributed by atoms with Crippen LogP contribution in [0.15, 0.2) is 28.7 Å². The Morgan fingerprint density at radius 2 is 1.95 bits per heavy atom. The maximum absolute atomic E-state index is 12.5. The molecule has 0 bridgehead atoms. The molecule has 0 aliphatic carbocycles. The molecule has 0 aliphatic rings. The SMILES string of the molecule is CC(C)NCc1c(CN(C)CC(F)F)oc2ccccc12. The summed E-state index contributed by atoms with van der Waals surface area (Å²) in [5.74, 6) is 0.757. The smallest absolute Gasteiger partial charge is 0.251 e. The summed E-state index contributed by atoms with van der Waals surface area (Å²) in [7, 11) is 1.68. The molecule has 0 aliphatic heterocycles. The van der Waals surface area contributed by atoms with Crippen molar-refractivity contribution in [3.8, 4) is 0 Å². The van der Waals surface area contributed by atoms with Gasteiger partial charge < -0.3 is 9.73 Å². The summed E-state index contributed by atoms with van der Waals surface area (Å²) >= 11 is 0. The van der Waals surface area contributed by atoms with E-state index < -0.39 is 6.43 Å². The summed E-state index contributed by atoms with van der Waals surface area (Å²) in [6.07, 6.45) is -2.34. The van der Waals surface area contributed by atoms with E-state index >= 15 is 0 Å². The lowest BCUT2D eigenvalue weighted by molar-refractivity contribution is 0.0947. The molecule has 116 valence electrons. The van der Waals surface area contributed by atoms with Crippen molar-refractivity contribution in [2.45, 2.75) is 39.4 Å². The molecule has 2 aromatic rings. The molecule has 0 saturated heterocycles. The average molecular weight is 296 g/mol. The molecule has 0 fully saturated rings. The Bertz CT molecular complexity index is 581. The Labute approximate surface area is 123 Å². The third-order valence-corrected chi connectivity index (χ3v) is 3.33. The van der Waals surface area contributed by atoms with Crippen LogP contribution in [0, 0.1) is 0 Å². The van der Waals surface area contributed by atoms with E-state index in [0.717, 1.165) is 22.3 Å². The van der Waals surface area contributed by atoms with Crippen LogP contribution >= 0.6 is 0 Å². The zero-order chi connectivity index (χ0) is 15.4. The van der Waals surface area contributed by atoms with E-state index in [-0.39, 0.29) is 6.54 Å². The molecular weight excluding hydrogens is 274 g/mol. The van der Waals surface area contributed by atoms with Crippen molar-refractivity contribution in [2.75, 3.05) is 13.6 Å². The van der Waals surface area contributed by atoms with Crippen molar-refractivity contribution in [1.29, 1.82) is 0 Å². The zero-order valence-electron chi connectivity index (χ0n) is 12.7. The van der Waals surface area contributed by atoms with E-state index in [4.69, 9.17) is 4.42 Å². The highest BCUT2D eigenvalue weighted by molar-refractivity contribution is 5.82. The van der Waals surface area contributed by atoms with Gasteiger partial charge in [-0.25, -0.2) is 8.78 Å². The lowest BCUT2D eigenvalue weighted by Crippen LogP contribution is -2.26. The summed E-state index contributed by atoms with van der Waals surface area (Å²) in [6, 6.07) is 8.14. The fraction of sp³-hybridized carbons (Fsp3) is 0.500. The molecule has 0 unspecified atom stereocenters. The first kappa shape index (κ1) is 15.9. The van der Waals surface area contributed by atoms with Crippen LogP contribution in [0.1, 0.15) is 25.2 Å². The second-order valence-corrected chi connectivity index (χ2v) is 5.62. The number of halogens is 2. The van der Waals surface area contributed by atoms with E-state index in [1.54, 1.807) is 11.9 Å². The first-order valence-electron chi connectivity index (χ1n) is 7.16. The minimum absolute atomic E-state index is 0.256. The van der Waals surface area contributed by atoms with Crippen LogP contribution in [0.2, 0.25) is 0 Å². The fourth-order valence-corrected chi connectivity index (χ4v) is 2.32. The monoisotopic (exact) mass is 296 g/mol. The first-order chi connectivity index (χ1) is 9.97. The molecule has 0 saturated carbocycles. The molecular formula is C16H22F2N2O. The Balaban J connectivity index is 2.25. The molecule has 0 radical (unpaired) electrons. The maximum atomic E-state index is 12.5. The molecule has 3 nitrogen and oxygen atoms in total. The molecule has 21 heavy (non-hydrogen) atoms. The van der Waals surface area contributed by atoms with Gasteiger partial charge in [0.15, 0.2) is 0 Å². The third-order valence-electron chi connectivity index (χ3n) is 3.33. The summed E-state index contributed by atoms with van der Waals surface area (Å²) < 4.78 is 30.8. The second-order valence-electron chi connectivity index (χ2n) is 5.62. The van der Waals surface area contributed by atoms with Gasteiger partial charge >= 0.3 is 0 Å². The number of nitrogens with zero attached hydrogens (tertiary/aromatic N) is 1. The zero-order valence-corrected chi connectivity index (χ0v) is 12.7. The van der Waals surface area contributed by atoms with Crippen LogP contribution in [-0.2, 0) is 13.1 Å². The maximum Gasteiger partial charge on any atom is 0.251 e. The number of alkyl halides is 2. The number of furan rings is 1. The Morgan fingerprint density at radius 1 is 1.24 bits per heavy atom. The van der Waals surface area contributed by atoms with Gasteiger partial charge in [-0.2, -0.15) is 0 Å². The number of hydrogen-bond donors (Lipinski definition) is 1. The molecule has 1 aromatic carbocycles. The predicted octanol–water partition coefficient (Wildman–Crippen LogP) is 3.63. The van der Waals surface area contributed by atoms with Gasteiger partial charge in [-0.05, 0) is 13.1 Å². The minimum Gasteiger partial charge on any atom is -0.459 e. The third kappa shape index (κ3) is 4.25. The number of para-hydroxylation sites is 1. The Hall–Kier alpha value is -1.46. The summed E-state index contributed by atoms with van der Waals surface area (Å²) in [5.41, 5.74) is 1.86. The Kier molecular flexibility index (Phi) is 5.31. The minimum atomic E-state index is -2.34. The van der Waals surface area contributed by atoms with E-state index in [9.17, 15) is 8.78 Å². The van der Waals surface area contributed by atoms with Crippen molar-refractivity contribution in [2.24, 2.45) is 0 Å². The normalized spacial score (nSPS) is 12.2. The number of rotatable bonds is 7. The summed E-state index contributed by atoms with van der Waals surface area (Å²) in [6.45, 7) is 4.95. The average Bonchev–Trinajstić information content (AvgIpc) is 2.72. The van der Waals surface area contributed by atoms with Gasteiger partial charge in [0, 0.05) is 23.5 Å². The molecule has 1 heterocycles. The quantitative estimate of drug-likeness (QED) is 0.846. The largest absolute Gasteiger partial charge is 0.459 e. The van der Waals surface area contributed by atoms with Gasteiger partial charge in [-0.1, -0.05) is 32.0 Å². The summed E-state index contributed by atoms with van der Waals surface area (Å²) in [4.78, 5) is 1.58. The van der Waals surface area contributed by atoms with E-state index in [0.29, 0.717) is 19.1 Å². The second kappa shape index (κ2) is 7.00. The lowest BCUT2D eigenvalue weighted by Gasteiger charge is -2.16. The number of fused-ring (bicyclic) bond motifs is 1. The van der Waals surface area contributed by atoms with Crippen LogP contribution in [0.3, 0.4) is 0 Å². The molecule has 0 atom stereocenters. The van der Waals surface area contributed by atoms with Gasteiger partial charge in [-0.15, -0.1) is 0 Å². The lowest BCUT2D eigenvalue weighted by atomic mass is 10.1. The molecule has 2 rings (SSSR count). The fourth-order valence-electron chi connectivity index (χ4n) is 2.32. The van der Waals surface area contributed by atoms with Crippen LogP contribution in [0.25, 0.3) is 11.0 Å². The number of benzene rings is 1. The van der Waals surface area contributed by atoms with Crippen molar-refractivity contribution in [1.82, 2.24) is 10.2 Å². The van der Waals surface area contributed by atoms with Crippen LogP contribution < -0.4 is 5.32 Å². The highest BCUT2D eigenvalue weighted by Crippen LogP contribution is 2.27. The van der Waals surface area contributed by atoms with Crippen molar-refractivity contribution >= 4 is 11.0 Å². The van der Waals surface area contributed by atoms with Crippen LogP contribution in [0.4, 0.5) is 8.78 Å². The van der Waals surface area contributed by atoms with Crippen molar-refractivity contribution in [3.05, 3.63) is 35.6 Å². The summed E-state index contributed by atoms with van der Waals surface area (Å²) in [5, 5.41) is 4.42. The predicted molar refractivity (Wildman–Crippen MR) is 80.5 cm³/mol.